The maximum Gasteiger partial charge on any atom is 0.160 e. The molecule has 1 aliphatic heterocycles. The topological polar surface area (TPSA) is 25.8 Å². The van der Waals surface area contributed by atoms with Crippen molar-refractivity contribution in [1.29, 1.82) is 0 Å². The lowest BCUT2D eigenvalue weighted by Gasteiger charge is -2.19. The Bertz CT molecular complexity index is 2360. The van der Waals surface area contributed by atoms with Gasteiger partial charge in [-0.15, -0.1) is 0 Å². The van der Waals surface area contributed by atoms with E-state index in [2.05, 4.69) is 140 Å². The molecule has 0 atom stereocenters. The van der Waals surface area contributed by atoms with E-state index in [0.717, 1.165) is 33.9 Å². The van der Waals surface area contributed by atoms with E-state index in [1.165, 1.54) is 51.9 Å². The minimum absolute atomic E-state index is 0.727. The molecule has 0 radical (unpaired) electrons. The summed E-state index contributed by atoms with van der Waals surface area (Å²) >= 11 is 3.67. The minimum atomic E-state index is 0.727. The maximum atomic E-state index is 5.21. The van der Waals surface area contributed by atoms with E-state index in [4.69, 9.17) is 9.97 Å². The SMILES string of the molecule is c1ccc(-c2cc(-c3ccc4c(c3)Sc3ccccc3S4)nc(-c3ccc4c5ccccc5c5ccccc5c4c3)n2)cc1. The Morgan fingerprint density at radius 2 is 0.818 bits per heavy atom. The van der Waals surface area contributed by atoms with Crippen molar-refractivity contribution in [3.05, 3.63) is 146 Å². The normalized spacial score (nSPS) is 12.4. The zero-order chi connectivity index (χ0) is 29.0. The molecule has 0 unspecified atom stereocenters. The highest BCUT2D eigenvalue weighted by molar-refractivity contribution is 8.05. The van der Waals surface area contributed by atoms with Crippen LogP contribution >= 0.6 is 23.5 Å². The fourth-order valence-electron chi connectivity index (χ4n) is 6.21. The zero-order valence-corrected chi connectivity index (χ0v) is 25.2. The van der Waals surface area contributed by atoms with Gasteiger partial charge in [-0.25, -0.2) is 9.97 Å². The molecule has 2 nitrogen and oxygen atoms in total. The van der Waals surface area contributed by atoms with Crippen LogP contribution in [0.2, 0.25) is 0 Å². The third kappa shape index (κ3) is 4.29. The van der Waals surface area contributed by atoms with Crippen LogP contribution in [0.15, 0.2) is 165 Å². The zero-order valence-electron chi connectivity index (χ0n) is 23.6. The van der Waals surface area contributed by atoms with Gasteiger partial charge in [-0.3, -0.25) is 0 Å². The van der Waals surface area contributed by atoms with Gasteiger partial charge in [0.05, 0.1) is 11.4 Å². The van der Waals surface area contributed by atoms with Gasteiger partial charge in [-0.2, -0.15) is 0 Å². The monoisotopic (exact) mass is 596 g/mol. The number of hydrogen-bond acceptors (Lipinski definition) is 4. The summed E-state index contributed by atoms with van der Waals surface area (Å²) in [5.41, 5.74) is 5.01. The van der Waals surface area contributed by atoms with Crippen molar-refractivity contribution in [3.8, 4) is 33.9 Å². The molecule has 0 amide bonds. The molecular formula is C40H24N2S2. The summed E-state index contributed by atoms with van der Waals surface area (Å²) in [6.07, 6.45) is 0. The molecule has 0 fully saturated rings. The molecule has 0 bridgehead atoms. The van der Waals surface area contributed by atoms with Crippen molar-refractivity contribution in [1.82, 2.24) is 9.97 Å². The number of rotatable bonds is 3. The summed E-state index contributed by atoms with van der Waals surface area (Å²) in [4.78, 5) is 15.5. The number of nitrogens with zero attached hydrogens (tertiary/aromatic N) is 2. The van der Waals surface area contributed by atoms with Gasteiger partial charge in [0.2, 0.25) is 0 Å². The fraction of sp³-hybridized carbons (Fsp3) is 0. The molecule has 2 heterocycles. The van der Waals surface area contributed by atoms with E-state index in [1.54, 1.807) is 0 Å². The summed E-state index contributed by atoms with van der Waals surface area (Å²) in [5.74, 6) is 0.727. The summed E-state index contributed by atoms with van der Waals surface area (Å²) in [7, 11) is 0. The Morgan fingerprint density at radius 1 is 0.318 bits per heavy atom. The second-order valence-electron chi connectivity index (χ2n) is 11.0. The molecule has 0 saturated heterocycles. The van der Waals surface area contributed by atoms with Gasteiger partial charge >= 0.3 is 0 Å². The van der Waals surface area contributed by atoms with Crippen molar-refractivity contribution in [2.24, 2.45) is 0 Å². The molecule has 44 heavy (non-hydrogen) atoms. The number of hydrogen-bond donors (Lipinski definition) is 0. The molecule has 8 aromatic rings. The molecule has 7 aromatic carbocycles. The van der Waals surface area contributed by atoms with E-state index < -0.39 is 0 Å². The van der Waals surface area contributed by atoms with Crippen LogP contribution < -0.4 is 0 Å². The molecule has 9 rings (SSSR count). The van der Waals surface area contributed by atoms with E-state index >= 15 is 0 Å². The predicted molar refractivity (Wildman–Crippen MR) is 186 cm³/mol. The highest BCUT2D eigenvalue weighted by atomic mass is 32.2. The largest absolute Gasteiger partial charge is 0.228 e. The quantitative estimate of drug-likeness (QED) is 0.190. The van der Waals surface area contributed by atoms with Crippen LogP contribution in [-0.2, 0) is 0 Å². The highest BCUT2D eigenvalue weighted by Gasteiger charge is 2.19. The Kier molecular flexibility index (Phi) is 6.03. The second-order valence-corrected chi connectivity index (χ2v) is 13.2. The van der Waals surface area contributed by atoms with Gasteiger partial charge in [0.1, 0.15) is 0 Å². The maximum absolute atomic E-state index is 5.21. The van der Waals surface area contributed by atoms with Gasteiger partial charge in [-0.1, -0.05) is 133 Å². The number of benzene rings is 7. The van der Waals surface area contributed by atoms with Crippen LogP contribution in [0.4, 0.5) is 0 Å². The first-order valence-corrected chi connectivity index (χ1v) is 16.3. The Morgan fingerprint density at radius 3 is 1.50 bits per heavy atom. The summed E-state index contributed by atoms with van der Waals surface area (Å²) < 4.78 is 0. The lowest BCUT2D eigenvalue weighted by Crippen LogP contribution is -1.97. The smallest absolute Gasteiger partial charge is 0.160 e. The van der Waals surface area contributed by atoms with Crippen molar-refractivity contribution in [2.45, 2.75) is 19.6 Å². The summed E-state index contributed by atoms with van der Waals surface area (Å²) in [6, 6.07) is 51.9. The second kappa shape index (κ2) is 10.4. The third-order valence-electron chi connectivity index (χ3n) is 8.33. The lowest BCUT2D eigenvalue weighted by atomic mass is 9.93. The van der Waals surface area contributed by atoms with Crippen LogP contribution in [0.25, 0.3) is 66.2 Å². The predicted octanol–water partition coefficient (Wildman–Crippen LogP) is 11.6. The standard InChI is InChI=1S/C40H24N2S2/c1-2-10-25(11-3-1)34-24-35(26-19-21-38-39(23-26)44-37-17-9-8-16-36(37)43-38)42-40(41-34)27-18-20-32-30-14-5-4-12-28(30)29-13-6-7-15-31(29)33(32)22-27/h1-24H. The molecule has 0 saturated carbocycles. The highest BCUT2D eigenvalue weighted by Crippen LogP contribution is 2.49. The Labute approximate surface area is 263 Å². The van der Waals surface area contributed by atoms with Gasteiger partial charge in [0, 0.05) is 36.3 Å². The minimum Gasteiger partial charge on any atom is -0.228 e. The van der Waals surface area contributed by atoms with E-state index in [1.807, 2.05) is 29.6 Å². The third-order valence-corrected chi connectivity index (χ3v) is 10.9. The van der Waals surface area contributed by atoms with Crippen molar-refractivity contribution in [2.75, 3.05) is 0 Å². The summed E-state index contributed by atoms with van der Waals surface area (Å²) in [6.45, 7) is 0. The van der Waals surface area contributed by atoms with Crippen LogP contribution in [0.5, 0.6) is 0 Å². The number of aromatic nitrogens is 2. The lowest BCUT2D eigenvalue weighted by molar-refractivity contribution is 1.15. The molecule has 1 aromatic heterocycles. The van der Waals surface area contributed by atoms with E-state index in [-0.39, 0.29) is 0 Å². The molecule has 0 spiro atoms. The van der Waals surface area contributed by atoms with Crippen molar-refractivity contribution < 1.29 is 0 Å². The van der Waals surface area contributed by atoms with Crippen LogP contribution in [0.1, 0.15) is 0 Å². The molecule has 0 aliphatic carbocycles. The molecule has 1 aliphatic rings. The molecule has 4 heteroatoms. The Hall–Kier alpha value is -4.90. The first-order chi connectivity index (χ1) is 21.8. The molecule has 206 valence electrons. The Balaban J connectivity index is 1.23. The van der Waals surface area contributed by atoms with E-state index in [0.29, 0.717) is 0 Å². The van der Waals surface area contributed by atoms with E-state index in [9.17, 15) is 0 Å². The fourth-order valence-corrected chi connectivity index (χ4v) is 8.47. The molecule has 0 N–H and O–H groups in total. The van der Waals surface area contributed by atoms with Gasteiger partial charge < -0.3 is 0 Å². The van der Waals surface area contributed by atoms with Crippen molar-refractivity contribution >= 4 is 55.8 Å². The number of fused-ring (bicyclic) bond motifs is 8. The molecular weight excluding hydrogens is 573 g/mol. The van der Waals surface area contributed by atoms with Crippen LogP contribution in [-0.4, -0.2) is 9.97 Å². The average Bonchev–Trinajstić information content (AvgIpc) is 3.10. The van der Waals surface area contributed by atoms with Crippen molar-refractivity contribution in [3.63, 3.8) is 0 Å². The van der Waals surface area contributed by atoms with Gasteiger partial charge in [0.25, 0.3) is 0 Å². The first kappa shape index (κ1) is 25.6. The average molecular weight is 597 g/mol. The van der Waals surface area contributed by atoms with Crippen LogP contribution in [0.3, 0.4) is 0 Å². The first-order valence-electron chi connectivity index (χ1n) is 14.7. The van der Waals surface area contributed by atoms with Crippen LogP contribution in [0, 0.1) is 0 Å². The van der Waals surface area contributed by atoms with Gasteiger partial charge in [-0.05, 0) is 68.7 Å². The van der Waals surface area contributed by atoms with Gasteiger partial charge in [0.15, 0.2) is 5.82 Å². The summed E-state index contributed by atoms with van der Waals surface area (Å²) in [5, 5.41) is 7.50.